The molecule has 0 aromatic heterocycles. The lowest BCUT2D eigenvalue weighted by atomic mass is 9.67. The zero-order valence-electron chi connectivity index (χ0n) is 30.0. The zero-order chi connectivity index (χ0) is 35.8. The van der Waals surface area contributed by atoms with E-state index in [9.17, 15) is 9.59 Å². The molecule has 0 saturated carbocycles. The van der Waals surface area contributed by atoms with Crippen molar-refractivity contribution in [3.63, 3.8) is 0 Å². The van der Waals surface area contributed by atoms with Gasteiger partial charge in [-0.2, -0.15) is 0 Å². The minimum absolute atomic E-state index is 0.0268. The average molecular weight is 695 g/mol. The Labute approximate surface area is 302 Å². The number of hydrogen-bond acceptors (Lipinski definition) is 8. The van der Waals surface area contributed by atoms with Crippen LogP contribution in [0.25, 0.3) is 0 Å². The maximum atomic E-state index is 13.0. The summed E-state index contributed by atoms with van der Waals surface area (Å²) >= 11 is 0. The van der Waals surface area contributed by atoms with E-state index in [0.717, 1.165) is 55.2 Å². The number of carbonyl (C=O) groups excluding carboxylic acids is 2. The molecule has 0 radical (unpaired) electrons. The summed E-state index contributed by atoms with van der Waals surface area (Å²) in [6.45, 7) is 2.68. The van der Waals surface area contributed by atoms with Gasteiger partial charge in [-0.25, -0.2) is 0 Å². The number of hydrogen-bond donors (Lipinski definition) is 0. The summed E-state index contributed by atoms with van der Waals surface area (Å²) < 4.78 is 34.1. The van der Waals surface area contributed by atoms with Crippen LogP contribution in [0.15, 0.2) is 97.2 Å². The Bertz CT molecular complexity index is 1650. The predicted molar refractivity (Wildman–Crippen MR) is 199 cm³/mol. The van der Waals surface area contributed by atoms with Crippen LogP contribution in [0, 0.1) is 11.8 Å². The molecular weight excluding hydrogens is 644 g/mol. The fraction of sp³-hybridized carbons (Fsp3) is 0.395. The molecule has 3 aliphatic rings. The number of ether oxygens (including phenoxy) is 6. The quantitative estimate of drug-likeness (QED) is 0.0867. The molecular formula is C43H50O8. The van der Waals surface area contributed by atoms with Crippen molar-refractivity contribution in [2.24, 2.45) is 11.8 Å². The van der Waals surface area contributed by atoms with Crippen molar-refractivity contribution in [2.45, 2.75) is 70.6 Å². The van der Waals surface area contributed by atoms with Gasteiger partial charge in [0.1, 0.15) is 0 Å². The molecule has 0 bridgehead atoms. The molecule has 1 fully saturated rings. The first kappa shape index (κ1) is 37.3. The first-order valence-corrected chi connectivity index (χ1v) is 18.0. The first-order chi connectivity index (χ1) is 25.0. The molecule has 0 N–H and O–H groups in total. The van der Waals surface area contributed by atoms with E-state index in [-0.39, 0.29) is 42.7 Å². The molecule has 3 atom stereocenters. The summed E-state index contributed by atoms with van der Waals surface area (Å²) in [5.41, 5.74) is 2.87. The van der Waals surface area contributed by atoms with Gasteiger partial charge in [-0.05, 0) is 92.3 Å². The summed E-state index contributed by atoms with van der Waals surface area (Å²) in [6.07, 6.45) is 33.0. The summed E-state index contributed by atoms with van der Waals surface area (Å²) in [4.78, 5) is 25.9. The van der Waals surface area contributed by atoms with Gasteiger partial charge in [-0.1, -0.05) is 79.8 Å². The summed E-state index contributed by atoms with van der Waals surface area (Å²) in [6, 6.07) is 7.62. The van der Waals surface area contributed by atoms with Crippen LogP contribution in [-0.2, 0) is 20.7 Å². The molecule has 51 heavy (non-hydrogen) atoms. The molecule has 8 heteroatoms. The van der Waals surface area contributed by atoms with Gasteiger partial charge in [0.15, 0.2) is 23.0 Å². The van der Waals surface area contributed by atoms with E-state index >= 15 is 0 Å². The lowest BCUT2D eigenvalue weighted by molar-refractivity contribution is -0.141. The Morgan fingerprint density at radius 2 is 1.29 bits per heavy atom. The highest BCUT2D eigenvalue weighted by Gasteiger charge is 2.48. The second-order valence-electron chi connectivity index (χ2n) is 12.7. The van der Waals surface area contributed by atoms with Crippen LogP contribution in [0.5, 0.6) is 28.7 Å². The van der Waals surface area contributed by atoms with Crippen LogP contribution in [0.3, 0.4) is 0 Å². The molecule has 0 unspecified atom stereocenters. The number of rotatable bonds is 18. The Kier molecular flexibility index (Phi) is 14.2. The monoisotopic (exact) mass is 694 g/mol. The van der Waals surface area contributed by atoms with E-state index in [1.807, 2.05) is 36.4 Å². The molecule has 1 saturated heterocycles. The van der Waals surface area contributed by atoms with Gasteiger partial charge in [-0.3, -0.25) is 9.59 Å². The third-order valence-electron chi connectivity index (χ3n) is 9.20. The number of esters is 2. The third kappa shape index (κ3) is 10.1. The van der Waals surface area contributed by atoms with Crippen LogP contribution in [0.2, 0.25) is 0 Å². The van der Waals surface area contributed by atoms with Gasteiger partial charge in [0, 0.05) is 18.3 Å². The smallest absolute Gasteiger partial charge is 0.311 e. The molecule has 2 aromatic carbocycles. The number of cyclic esters (lactones) is 1. The molecule has 1 aliphatic carbocycles. The van der Waals surface area contributed by atoms with E-state index in [2.05, 4.69) is 67.7 Å². The molecule has 270 valence electrons. The van der Waals surface area contributed by atoms with Crippen molar-refractivity contribution >= 4 is 11.9 Å². The lowest BCUT2D eigenvalue weighted by Gasteiger charge is -2.34. The average Bonchev–Trinajstić information content (AvgIpc) is 3.76. The van der Waals surface area contributed by atoms with E-state index in [1.54, 1.807) is 0 Å². The zero-order valence-corrected chi connectivity index (χ0v) is 30.0. The number of methoxy groups -OCH3 is 2. The molecule has 8 nitrogen and oxygen atoms in total. The molecule has 5 rings (SSSR count). The van der Waals surface area contributed by atoms with E-state index in [4.69, 9.17) is 28.4 Å². The predicted octanol–water partition coefficient (Wildman–Crippen LogP) is 9.29. The highest BCUT2D eigenvalue weighted by molar-refractivity contribution is 5.79. The topological polar surface area (TPSA) is 89.5 Å². The largest absolute Gasteiger partial charge is 0.493 e. The summed E-state index contributed by atoms with van der Waals surface area (Å²) in [7, 11) is 3.04. The highest BCUT2D eigenvalue weighted by atomic mass is 16.7. The summed E-state index contributed by atoms with van der Waals surface area (Å²) in [5, 5.41) is 0. The van der Waals surface area contributed by atoms with Gasteiger partial charge in [-0.15, -0.1) is 0 Å². The highest BCUT2D eigenvalue weighted by Crippen LogP contribution is 2.52. The number of allylic oxidation sites excluding steroid dienone is 12. The molecule has 0 spiro atoms. The first-order valence-electron chi connectivity index (χ1n) is 18.0. The fourth-order valence-corrected chi connectivity index (χ4v) is 6.69. The van der Waals surface area contributed by atoms with Gasteiger partial charge >= 0.3 is 11.9 Å². The second-order valence-corrected chi connectivity index (χ2v) is 12.7. The second kappa shape index (κ2) is 19.4. The Hall–Kier alpha value is -4.98. The van der Waals surface area contributed by atoms with Gasteiger partial charge in [0.2, 0.25) is 12.5 Å². The molecule has 0 amide bonds. The van der Waals surface area contributed by atoms with Crippen molar-refractivity contribution in [1.29, 1.82) is 0 Å². The van der Waals surface area contributed by atoms with E-state index in [1.165, 1.54) is 14.2 Å². The maximum Gasteiger partial charge on any atom is 0.311 e. The van der Waals surface area contributed by atoms with E-state index < -0.39 is 5.97 Å². The molecule has 2 heterocycles. The number of fused-ring (bicyclic) bond motifs is 3. The van der Waals surface area contributed by atoms with Crippen molar-refractivity contribution in [3.8, 4) is 28.7 Å². The SMILES string of the molecule is CC/C=C\C/C=C\C/C=C\C/C=C\C/C=C\C/C=C\CCC(=O)Oc1c(OC)cc([C@@H]2c3cc4c(cc3C[C@H]3COC(=O)[C@@H]32)OCO4)cc1OC. The van der Waals surface area contributed by atoms with Crippen LogP contribution in [-0.4, -0.2) is 39.6 Å². The Morgan fingerprint density at radius 1 is 0.745 bits per heavy atom. The van der Waals surface area contributed by atoms with Gasteiger partial charge < -0.3 is 28.4 Å². The lowest BCUT2D eigenvalue weighted by Crippen LogP contribution is -2.31. The van der Waals surface area contributed by atoms with Crippen molar-refractivity contribution in [1.82, 2.24) is 0 Å². The van der Waals surface area contributed by atoms with Crippen molar-refractivity contribution in [3.05, 3.63) is 114 Å². The molecule has 2 aromatic rings. The Morgan fingerprint density at radius 3 is 1.86 bits per heavy atom. The van der Waals surface area contributed by atoms with Crippen LogP contribution in [0.1, 0.15) is 80.9 Å². The van der Waals surface area contributed by atoms with Crippen molar-refractivity contribution < 1.29 is 38.0 Å². The minimum Gasteiger partial charge on any atom is -0.493 e. The van der Waals surface area contributed by atoms with Crippen LogP contribution < -0.4 is 23.7 Å². The molecule has 2 aliphatic heterocycles. The Balaban J connectivity index is 1.11. The summed E-state index contributed by atoms with van der Waals surface area (Å²) in [5.74, 6) is 0.973. The number of carbonyl (C=O) groups is 2. The van der Waals surface area contributed by atoms with E-state index in [0.29, 0.717) is 42.4 Å². The fourth-order valence-electron chi connectivity index (χ4n) is 6.69. The normalized spacial score (nSPS) is 19.6. The van der Waals surface area contributed by atoms with Crippen LogP contribution in [0.4, 0.5) is 0 Å². The minimum atomic E-state index is -0.394. The standard InChI is InChI=1S/C43H50O8/c1-4-5-6-7-8-9-10-11-12-13-14-15-16-17-18-19-20-21-22-23-39(44)51-42-37(46-2)26-32(27-38(42)47-3)40-34-28-36-35(49-30-50-36)25-31(34)24-33-29-48-43(45)41(33)40/h5-6,8-9,11-12,14-15,17-18,20-21,25-28,33,40-41H,4,7,10,13,16,19,22-24,29-30H2,1-3H3/b6-5-,9-8-,12-11-,15-14-,18-17-,21-20-/t33-,40+,41-/m0/s1. The maximum absolute atomic E-state index is 13.0. The van der Waals surface area contributed by atoms with Gasteiger partial charge in [0.05, 0.1) is 26.7 Å². The van der Waals surface area contributed by atoms with Gasteiger partial charge in [0.25, 0.3) is 0 Å². The van der Waals surface area contributed by atoms with Crippen LogP contribution >= 0.6 is 0 Å². The van der Waals surface area contributed by atoms with Crippen molar-refractivity contribution in [2.75, 3.05) is 27.6 Å². The number of benzene rings is 2. The third-order valence-corrected chi connectivity index (χ3v) is 9.20.